The van der Waals surface area contributed by atoms with E-state index in [0.29, 0.717) is 0 Å². The molecule has 0 aromatic heterocycles. The van der Waals surface area contributed by atoms with E-state index in [9.17, 15) is 0 Å². The zero-order valence-electron chi connectivity index (χ0n) is 13.1. The first-order valence-corrected chi connectivity index (χ1v) is 9.18. The maximum atomic E-state index is 3.87. The number of benzene rings is 1. The summed E-state index contributed by atoms with van der Waals surface area (Å²) in [5.74, 6) is 6.32. The summed E-state index contributed by atoms with van der Waals surface area (Å²) in [6.07, 6.45) is 7.40. The predicted octanol–water partition coefficient (Wildman–Crippen LogP) is 3.99. The molecule has 0 amide bonds. The second-order valence-corrected chi connectivity index (χ2v) is 8.06. The maximum Gasteiger partial charge on any atom is 0.0107 e. The fourth-order valence-electron chi connectivity index (χ4n) is 6.45. The van der Waals surface area contributed by atoms with Crippen LogP contribution >= 0.6 is 0 Å². The van der Waals surface area contributed by atoms with Crippen LogP contribution < -0.4 is 5.32 Å². The Morgan fingerprint density at radius 3 is 2.62 bits per heavy atom. The number of nitrogens with one attached hydrogen (secondary N) is 1. The van der Waals surface area contributed by atoms with E-state index in [0.717, 1.165) is 48.1 Å². The van der Waals surface area contributed by atoms with Gasteiger partial charge >= 0.3 is 0 Å². The molecule has 3 saturated carbocycles. The molecule has 0 saturated heterocycles. The minimum atomic E-state index is 0.798. The van der Waals surface area contributed by atoms with Gasteiger partial charge in [-0.1, -0.05) is 31.2 Å². The van der Waals surface area contributed by atoms with Gasteiger partial charge in [-0.2, -0.15) is 0 Å². The maximum absolute atomic E-state index is 3.87. The highest BCUT2D eigenvalue weighted by atomic mass is 14.9. The quantitative estimate of drug-likeness (QED) is 0.860. The SMILES string of the molecule is CCNC(CC1Cc2ccccc21)C1C2C3CCC(C3)C21. The first-order chi connectivity index (χ1) is 10.4. The molecule has 2 bridgehead atoms. The van der Waals surface area contributed by atoms with Gasteiger partial charge in [0, 0.05) is 6.04 Å². The highest BCUT2D eigenvalue weighted by molar-refractivity contribution is 5.40. The van der Waals surface area contributed by atoms with Crippen molar-refractivity contribution < 1.29 is 0 Å². The van der Waals surface area contributed by atoms with E-state index in [1.54, 1.807) is 30.4 Å². The van der Waals surface area contributed by atoms with Crippen molar-refractivity contribution in [2.24, 2.45) is 29.6 Å². The lowest BCUT2D eigenvalue weighted by Gasteiger charge is -2.34. The average molecular weight is 281 g/mol. The van der Waals surface area contributed by atoms with Crippen molar-refractivity contribution in [1.82, 2.24) is 5.32 Å². The molecule has 0 radical (unpaired) electrons. The molecule has 1 N–H and O–H groups in total. The third kappa shape index (κ3) is 1.79. The molecular weight excluding hydrogens is 254 g/mol. The summed E-state index contributed by atoms with van der Waals surface area (Å²) in [4.78, 5) is 0. The van der Waals surface area contributed by atoms with E-state index >= 15 is 0 Å². The summed E-state index contributed by atoms with van der Waals surface area (Å²) in [6, 6.07) is 9.90. The highest BCUT2D eigenvalue weighted by Gasteiger charge is 2.66. The summed E-state index contributed by atoms with van der Waals surface area (Å²) >= 11 is 0. The zero-order chi connectivity index (χ0) is 14.0. The molecule has 0 spiro atoms. The molecule has 3 fully saturated rings. The van der Waals surface area contributed by atoms with E-state index in [2.05, 4.69) is 36.5 Å². The Bertz CT molecular complexity index is 535. The second kappa shape index (κ2) is 4.59. The van der Waals surface area contributed by atoms with Gasteiger partial charge in [-0.15, -0.1) is 0 Å². The van der Waals surface area contributed by atoms with E-state index in [1.165, 1.54) is 12.8 Å². The van der Waals surface area contributed by atoms with Crippen LogP contribution in [0.2, 0.25) is 0 Å². The molecule has 1 aromatic rings. The highest BCUT2D eigenvalue weighted by Crippen LogP contribution is 2.70. The van der Waals surface area contributed by atoms with Gasteiger partial charge in [-0.3, -0.25) is 0 Å². The Kier molecular flexibility index (Phi) is 2.77. The minimum Gasteiger partial charge on any atom is -0.314 e. The van der Waals surface area contributed by atoms with Gasteiger partial charge in [-0.05, 0) is 85.3 Å². The third-order valence-corrected chi connectivity index (χ3v) is 7.23. The normalized spacial score (nSPS) is 43.1. The van der Waals surface area contributed by atoms with Crippen molar-refractivity contribution in [2.75, 3.05) is 6.54 Å². The Hall–Kier alpha value is -0.820. The second-order valence-electron chi connectivity index (χ2n) is 8.06. The Labute approximate surface area is 128 Å². The van der Waals surface area contributed by atoms with Gasteiger partial charge in [0.1, 0.15) is 0 Å². The molecular formula is C20H27N. The number of fused-ring (bicyclic) bond motifs is 6. The zero-order valence-corrected chi connectivity index (χ0v) is 13.1. The van der Waals surface area contributed by atoms with Crippen LogP contribution in [0.1, 0.15) is 49.7 Å². The van der Waals surface area contributed by atoms with Crippen LogP contribution in [-0.4, -0.2) is 12.6 Å². The molecule has 0 heterocycles. The summed E-state index contributed by atoms with van der Waals surface area (Å²) in [5.41, 5.74) is 3.25. The molecule has 6 atom stereocenters. The fourth-order valence-corrected chi connectivity index (χ4v) is 6.45. The van der Waals surface area contributed by atoms with Crippen molar-refractivity contribution >= 4 is 0 Å². The van der Waals surface area contributed by atoms with Crippen LogP contribution in [0.4, 0.5) is 0 Å². The van der Waals surface area contributed by atoms with Crippen LogP contribution in [0.5, 0.6) is 0 Å². The largest absolute Gasteiger partial charge is 0.314 e. The minimum absolute atomic E-state index is 0.798. The average Bonchev–Trinajstić information content (AvgIpc) is 2.90. The Balaban J connectivity index is 1.30. The predicted molar refractivity (Wildman–Crippen MR) is 86.3 cm³/mol. The van der Waals surface area contributed by atoms with E-state index in [1.807, 2.05) is 0 Å². The third-order valence-electron chi connectivity index (χ3n) is 7.23. The fraction of sp³-hybridized carbons (Fsp3) is 0.700. The number of hydrogen-bond acceptors (Lipinski definition) is 1. The molecule has 6 unspecified atom stereocenters. The first-order valence-electron chi connectivity index (χ1n) is 9.18. The van der Waals surface area contributed by atoms with E-state index < -0.39 is 0 Å². The van der Waals surface area contributed by atoms with Crippen LogP contribution in [0.25, 0.3) is 0 Å². The van der Waals surface area contributed by atoms with Crippen LogP contribution in [0.15, 0.2) is 24.3 Å². The Morgan fingerprint density at radius 2 is 1.90 bits per heavy atom. The smallest absolute Gasteiger partial charge is 0.0107 e. The topological polar surface area (TPSA) is 12.0 Å². The standard InChI is InChI=1S/C20H27N/c1-2-21-17(11-15-9-12-5-3-4-6-16(12)15)20-18-13-7-8-14(10-13)19(18)20/h3-6,13-15,17-21H,2,7-11H2,1H3. The molecule has 21 heavy (non-hydrogen) atoms. The molecule has 1 aromatic carbocycles. The monoisotopic (exact) mass is 281 g/mol. The van der Waals surface area contributed by atoms with Crippen LogP contribution in [-0.2, 0) is 6.42 Å². The van der Waals surface area contributed by atoms with Crippen LogP contribution in [0.3, 0.4) is 0 Å². The van der Waals surface area contributed by atoms with Crippen molar-refractivity contribution in [3.8, 4) is 0 Å². The van der Waals surface area contributed by atoms with Gasteiger partial charge in [0.2, 0.25) is 0 Å². The van der Waals surface area contributed by atoms with Crippen LogP contribution in [0, 0.1) is 29.6 Å². The number of rotatable bonds is 5. The lowest BCUT2D eigenvalue weighted by Crippen LogP contribution is -2.36. The molecule has 1 heteroatoms. The lowest BCUT2D eigenvalue weighted by atomic mass is 9.73. The number of hydrogen-bond donors (Lipinski definition) is 1. The van der Waals surface area contributed by atoms with Crippen molar-refractivity contribution in [3.63, 3.8) is 0 Å². The summed E-state index contributed by atoms with van der Waals surface area (Å²) in [5, 5.41) is 3.87. The van der Waals surface area contributed by atoms with Gasteiger partial charge in [-0.25, -0.2) is 0 Å². The summed E-state index contributed by atoms with van der Waals surface area (Å²) in [7, 11) is 0. The molecule has 4 aliphatic carbocycles. The molecule has 0 aliphatic heterocycles. The van der Waals surface area contributed by atoms with E-state index in [4.69, 9.17) is 0 Å². The van der Waals surface area contributed by atoms with Gasteiger partial charge in [0.25, 0.3) is 0 Å². The Morgan fingerprint density at radius 1 is 1.14 bits per heavy atom. The molecule has 112 valence electrons. The van der Waals surface area contributed by atoms with Gasteiger partial charge in [0.15, 0.2) is 0 Å². The molecule has 5 rings (SSSR count). The van der Waals surface area contributed by atoms with E-state index in [-0.39, 0.29) is 0 Å². The van der Waals surface area contributed by atoms with Crippen molar-refractivity contribution in [3.05, 3.63) is 35.4 Å². The van der Waals surface area contributed by atoms with Gasteiger partial charge < -0.3 is 5.32 Å². The molecule has 4 aliphatic rings. The lowest BCUT2D eigenvalue weighted by molar-refractivity contribution is 0.327. The molecule has 1 nitrogen and oxygen atoms in total. The first kappa shape index (κ1) is 12.7. The summed E-state index contributed by atoms with van der Waals surface area (Å²) < 4.78 is 0. The van der Waals surface area contributed by atoms with Crippen molar-refractivity contribution in [2.45, 2.75) is 51.0 Å². The summed E-state index contributed by atoms with van der Waals surface area (Å²) in [6.45, 7) is 3.43. The van der Waals surface area contributed by atoms with Crippen molar-refractivity contribution in [1.29, 1.82) is 0 Å². The van der Waals surface area contributed by atoms with Gasteiger partial charge in [0.05, 0.1) is 0 Å².